The molecule has 0 saturated heterocycles. The fourth-order valence-corrected chi connectivity index (χ4v) is 2.41. The fourth-order valence-electron chi connectivity index (χ4n) is 1.93. The van der Waals surface area contributed by atoms with Gasteiger partial charge in [0.25, 0.3) is 0 Å². The normalized spacial score (nSPS) is 12.2. The lowest BCUT2D eigenvalue weighted by molar-refractivity contribution is -0.138. The predicted octanol–water partition coefficient (Wildman–Crippen LogP) is 4.33. The third kappa shape index (κ3) is 3.67. The van der Waals surface area contributed by atoms with Gasteiger partial charge in [0.15, 0.2) is 0 Å². The average Bonchev–Trinajstić information content (AvgIpc) is 2.41. The molecule has 0 saturated carbocycles. The molecule has 104 valence electrons. The summed E-state index contributed by atoms with van der Waals surface area (Å²) in [7, 11) is 0. The molecule has 2 aromatic rings. The van der Waals surface area contributed by atoms with Crippen molar-refractivity contribution >= 4 is 37.8 Å². The highest BCUT2D eigenvalue weighted by Crippen LogP contribution is 2.24. The van der Waals surface area contributed by atoms with Gasteiger partial charge in [-0.2, -0.15) is 0 Å². The minimum absolute atomic E-state index is 0.427. The van der Waals surface area contributed by atoms with Gasteiger partial charge in [0.1, 0.15) is 5.92 Å². The van der Waals surface area contributed by atoms with Crippen molar-refractivity contribution in [3.8, 4) is 0 Å². The number of carboxylic acids is 1. The molecule has 1 unspecified atom stereocenters. The zero-order valence-electron chi connectivity index (χ0n) is 10.8. The first-order valence-electron chi connectivity index (χ1n) is 6.06. The molecule has 2 rings (SSSR count). The number of aromatic nitrogens is 1. The molecular formula is C15H13Br2NO2. The van der Waals surface area contributed by atoms with Crippen molar-refractivity contribution in [2.24, 2.45) is 0 Å². The Balaban J connectivity index is 2.29. The van der Waals surface area contributed by atoms with Crippen LogP contribution in [-0.2, 0) is 11.2 Å². The van der Waals surface area contributed by atoms with Gasteiger partial charge >= 0.3 is 5.97 Å². The van der Waals surface area contributed by atoms with E-state index in [1.165, 1.54) is 0 Å². The summed E-state index contributed by atoms with van der Waals surface area (Å²) in [6, 6.07) is 9.49. The van der Waals surface area contributed by atoms with Crippen LogP contribution in [0.15, 0.2) is 45.5 Å². The van der Waals surface area contributed by atoms with Gasteiger partial charge in [-0.05, 0) is 58.6 Å². The van der Waals surface area contributed by atoms with Crippen LogP contribution in [0.1, 0.15) is 22.7 Å². The van der Waals surface area contributed by atoms with Gasteiger partial charge in [0.05, 0.1) is 5.69 Å². The number of rotatable bonds is 4. The van der Waals surface area contributed by atoms with Crippen molar-refractivity contribution < 1.29 is 9.90 Å². The zero-order valence-corrected chi connectivity index (χ0v) is 14.0. The molecule has 1 aromatic carbocycles. The predicted molar refractivity (Wildman–Crippen MR) is 84.9 cm³/mol. The van der Waals surface area contributed by atoms with Gasteiger partial charge in [0.2, 0.25) is 0 Å². The molecule has 0 fully saturated rings. The van der Waals surface area contributed by atoms with Crippen molar-refractivity contribution in [2.45, 2.75) is 19.3 Å². The standard InChI is InChI=1S/C15H13Br2NO2/c1-9-6-14(18-8-13(9)17)12(15(19)20)7-10-2-4-11(16)5-3-10/h2-6,8,12H,7H2,1H3,(H,19,20). The smallest absolute Gasteiger partial charge is 0.312 e. The second kappa shape index (κ2) is 6.50. The molecule has 0 spiro atoms. The molecule has 0 amide bonds. The van der Waals surface area contributed by atoms with Crippen LogP contribution in [0.5, 0.6) is 0 Å². The first-order chi connectivity index (χ1) is 9.47. The lowest BCUT2D eigenvalue weighted by Crippen LogP contribution is -2.16. The molecular weight excluding hydrogens is 386 g/mol. The number of carboxylic acid groups (broad SMARTS) is 1. The molecule has 1 atom stereocenters. The first kappa shape index (κ1) is 15.2. The molecule has 1 aromatic heterocycles. The van der Waals surface area contributed by atoms with Gasteiger partial charge in [-0.15, -0.1) is 0 Å². The van der Waals surface area contributed by atoms with Crippen molar-refractivity contribution in [3.63, 3.8) is 0 Å². The quantitative estimate of drug-likeness (QED) is 0.833. The van der Waals surface area contributed by atoms with E-state index in [1.807, 2.05) is 37.3 Å². The Morgan fingerprint density at radius 2 is 1.95 bits per heavy atom. The highest BCUT2D eigenvalue weighted by Gasteiger charge is 2.22. The van der Waals surface area contributed by atoms with E-state index in [0.29, 0.717) is 12.1 Å². The SMILES string of the molecule is Cc1cc(C(Cc2ccc(Br)cc2)C(=O)O)ncc1Br. The van der Waals surface area contributed by atoms with Crippen molar-refractivity contribution in [2.75, 3.05) is 0 Å². The van der Waals surface area contributed by atoms with E-state index in [-0.39, 0.29) is 0 Å². The summed E-state index contributed by atoms with van der Waals surface area (Å²) in [4.78, 5) is 15.7. The second-order valence-electron chi connectivity index (χ2n) is 4.58. The van der Waals surface area contributed by atoms with E-state index in [2.05, 4.69) is 36.8 Å². The Morgan fingerprint density at radius 1 is 1.30 bits per heavy atom. The Kier molecular flexibility index (Phi) is 4.94. The zero-order chi connectivity index (χ0) is 14.7. The Labute approximate surface area is 134 Å². The number of pyridine rings is 1. The fraction of sp³-hybridized carbons (Fsp3) is 0.200. The molecule has 5 heteroatoms. The molecule has 3 nitrogen and oxygen atoms in total. The van der Waals surface area contributed by atoms with Gasteiger partial charge in [-0.3, -0.25) is 9.78 Å². The van der Waals surface area contributed by atoms with Crippen LogP contribution in [0.25, 0.3) is 0 Å². The monoisotopic (exact) mass is 397 g/mol. The number of hydrogen-bond donors (Lipinski definition) is 1. The van der Waals surface area contributed by atoms with Gasteiger partial charge in [-0.1, -0.05) is 28.1 Å². The number of aliphatic carboxylic acids is 1. The summed E-state index contributed by atoms with van der Waals surface area (Å²) < 4.78 is 1.86. The van der Waals surface area contributed by atoms with Crippen molar-refractivity contribution in [1.82, 2.24) is 4.98 Å². The summed E-state index contributed by atoms with van der Waals surface area (Å²) in [5, 5.41) is 9.44. The molecule has 20 heavy (non-hydrogen) atoms. The maximum absolute atomic E-state index is 11.5. The molecule has 1 N–H and O–H groups in total. The Hall–Kier alpha value is -1.20. The highest BCUT2D eigenvalue weighted by molar-refractivity contribution is 9.10. The average molecular weight is 399 g/mol. The largest absolute Gasteiger partial charge is 0.481 e. The first-order valence-corrected chi connectivity index (χ1v) is 7.65. The highest BCUT2D eigenvalue weighted by atomic mass is 79.9. The third-order valence-electron chi connectivity index (χ3n) is 3.08. The van der Waals surface area contributed by atoms with E-state index in [0.717, 1.165) is 20.1 Å². The van der Waals surface area contributed by atoms with E-state index in [1.54, 1.807) is 6.20 Å². The summed E-state index contributed by atoms with van der Waals surface area (Å²) in [6.07, 6.45) is 2.08. The maximum Gasteiger partial charge on any atom is 0.312 e. The van der Waals surface area contributed by atoms with Gasteiger partial charge < -0.3 is 5.11 Å². The Morgan fingerprint density at radius 3 is 2.50 bits per heavy atom. The summed E-state index contributed by atoms with van der Waals surface area (Å²) in [5.41, 5.74) is 2.54. The van der Waals surface area contributed by atoms with Crippen molar-refractivity contribution in [1.29, 1.82) is 0 Å². The van der Waals surface area contributed by atoms with Gasteiger partial charge in [0, 0.05) is 15.1 Å². The minimum Gasteiger partial charge on any atom is -0.481 e. The number of benzene rings is 1. The summed E-state index contributed by atoms with van der Waals surface area (Å²) in [5.74, 6) is -1.50. The van der Waals surface area contributed by atoms with Crippen molar-refractivity contribution in [3.05, 3.63) is 62.3 Å². The van der Waals surface area contributed by atoms with Crippen LogP contribution < -0.4 is 0 Å². The molecule has 1 heterocycles. The van der Waals surface area contributed by atoms with E-state index in [9.17, 15) is 9.90 Å². The molecule has 0 radical (unpaired) electrons. The molecule has 0 aliphatic heterocycles. The molecule has 0 aliphatic carbocycles. The van der Waals surface area contributed by atoms with Crippen LogP contribution in [-0.4, -0.2) is 16.1 Å². The molecule has 0 aliphatic rings. The Bertz CT molecular complexity index is 626. The lowest BCUT2D eigenvalue weighted by atomic mass is 9.95. The van der Waals surface area contributed by atoms with Crippen LogP contribution in [0.2, 0.25) is 0 Å². The number of halogens is 2. The maximum atomic E-state index is 11.5. The number of aryl methyl sites for hydroxylation is 1. The van der Waals surface area contributed by atoms with Crippen LogP contribution in [0.3, 0.4) is 0 Å². The van der Waals surface area contributed by atoms with E-state index >= 15 is 0 Å². The topological polar surface area (TPSA) is 50.2 Å². The minimum atomic E-state index is -0.859. The lowest BCUT2D eigenvalue weighted by Gasteiger charge is -2.13. The summed E-state index contributed by atoms with van der Waals surface area (Å²) >= 11 is 6.74. The third-order valence-corrected chi connectivity index (χ3v) is 4.44. The van der Waals surface area contributed by atoms with Crippen LogP contribution >= 0.6 is 31.9 Å². The second-order valence-corrected chi connectivity index (χ2v) is 6.35. The van der Waals surface area contributed by atoms with E-state index in [4.69, 9.17) is 0 Å². The van der Waals surface area contributed by atoms with Crippen LogP contribution in [0.4, 0.5) is 0 Å². The number of nitrogens with zero attached hydrogens (tertiary/aromatic N) is 1. The van der Waals surface area contributed by atoms with Gasteiger partial charge in [-0.25, -0.2) is 0 Å². The number of hydrogen-bond acceptors (Lipinski definition) is 2. The number of carbonyl (C=O) groups is 1. The van der Waals surface area contributed by atoms with E-state index < -0.39 is 11.9 Å². The summed E-state index contributed by atoms with van der Waals surface area (Å²) in [6.45, 7) is 1.92. The molecule has 0 bridgehead atoms. The van der Waals surface area contributed by atoms with Crippen LogP contribution in [0, 0.1) is 6.92 Å².